The minimum Gasteiger partial charge on any atom is -0.344 e. The molecule has 304 valence electrons. The van der Waals surface area contributed by atoms with Gasteiger partial charge in [-0.2, -0.15) is 0 Å². The summed E-state index contributed by atoms with van der Waals surface area (Å²) in [6.45, 7) is 8.17. The number of likely N-dealkylation sites (tertiary alicyclic amines) is 1. The maximum absolute atomic E-state index is 15.4. The summed E-state index contributed by atoms with van der Waals surface area (Å²) in [4.78, 5) is 96.1. The molecule has 0 spiro atoms. The average molecular weight is 781 g/mol. The molecule has 0 bridgehead atoms. The zero-order valence-electron chi connectivity index (χ0n) is 32.7. The lowest BCUT2D eigenvalue weighted by atomic mass is 9.82. The van der Waals surface area contributed by atoms with Gasteiger partial charge in [-0.15, -0.1) is 0 Å². The maximum Gasteiger partial charge on any atom is 0.290 e. The number of nitrogens with one attached hydrogen (secondary N) is 4. The highest BCUT2D eigenvalue weighted by molar-refractivity contribution is 6.38. The SMILES string of the molecule is CCC[C@@H](NC(=O)[C@@H]1[C@H]2CCC(F)(F)C2CN1C(=O)[C@@H](NC(=O)[C@H](NC(=O)c1cnccn1)C1CCCCC1)C(C)(C)C)C(=O)C(=O)N[C@H](C)c1ccncc1. The minimum atomic E-state index is -3.16. The van der Waals surface area contributed by atoms with E-state index in [9.17, 15) is 28.8 Å². The summed E-state index contributed by atoms with van der Waals surface area (Å²) in [5.41, 5.74) is -0.239. The number of alkyl halides is 2. The first-order chi connectivity index (χ1) is 26.5. The molecule has 2 aromatic rings. The Morgan fingerprint density at radius 1 is 0.911 bits per heavy atom. The Morgan fingerprint density at radius 2 is 1.61 bits per heavy atom. The van der Waals surface area contributed by atoms with Gasteiger partial charge in [0.25, 0.3) is 17.7 Å². The second-order valence-corrected chi connectivity index (χ2v) is 16.4. The van der Waals surface area contributed by atoms with Crippen molar-refractivity contribution in [3.63, 3.8) is 0 Å². The van der Waals surface area contributed by atoms with Crippen molar-refractivity contribution < 1.29 is 37.5 Å². The molecule has 2 aliphatic carbocycles. The second-order valence-electron chi connectivity index (χ2n) is 16.4. The molecule has 0 radical (unpaired) electrons. The van der Waals surface area contributed by atoms with Crippen LogP contribution in [0.1, 0.15) is 114 Å². The van der Waals surface area contributed by atoms with Crippen LogP contribution in [0, 0.1) is 23.2 Å². The standard InChI is InChI=1S/C40H54F2N8O6/c1-6-10-28(32(51)37(55)46-23(2)24-14-17-43-18-15-24)47-36(54)31-26-13-16-40(41,42)27(26)22-50(31)38(56)33(39(3,4)5)49-35(53)30(25-11-8-7-9-12-25)48-34(52)29-21-44-19-20-45-29/h14-15,17-21,23,25-28,30-31,33H,6-13,16,22H2,1-5H3,(H,46,55)(H,47,54)(H,48,52)(H,49,53)/t23-,26+,27?,28-,30-,31+,33-/m1/s1. The molecule has 5 rings (SSSR count). The van der Waals surface area contributed by atoms with E-state index in [0.29, 0.717) is 24.8 Å². The Bertz CT molecular complexity index is 1740. The van der Waals surface area contributed by atoms with Gasteiger partial charge in [0, 0.05) is 43.7 Å². The highest BCUT2D eigenvalue weighted by Crippen LogP contribution is 2.51. The third-order valence-electron chi connectivity index (χ3n) is 11.4. The van der Waals surface area contributed by atoms with Crippen molar-refractivity contribution in [3.8, 4) is 0 Å². The van der Waals surface area contributed by atoms with Crippen LogP contribution in [0.2, 0.25) is 0 Å². The molecule has 1 aliphatic heterocycles. The fourth-order valence-corrected chi connectivity index (χ4v) is 8.34. The van der Waals surface area contributed by atoms with Crippen LogP contribution in [0.4, 0.5) is 8.78 Å². The number of fused-ring (bicyclic) bond motifs is 1. The number of pyridine rings is 1. The lowest BCUT2D eigenvalue weighted by Crippen LogP contribution is -2.62. The van der Waals surface area contributed by atoms with Crippen molar-refractivity contribution in [1.29, 1.82) is 0 Å². The average Bonchev–Trinajstić information content (AvgIpc) is 3.72. The van der Waals surface area contributed by atoms with Gasteiger partial charge in [-0.25, -0.2) is 13.8 Å². The molecule has 0 aromatic carbocycles. The van der Waals surface area contributed by atoms with Gasteiger partial charge in [0.1, 0.15) is 23.8 Å². The third-order valence-corrected chi connectivity index (χ3v) is 11.4. The number of rotatable bonds is 14. The van der Waals surface area contributed by atoms with Gasteiger partial charge in [-0.1, -0.05) is 53.4 Å². The normalized spacial score (nSPS) is 22.8. The molecule has 3 aliphatic rings. The van der Waals surface area contributed by atoms with E-state index >= 15 is 8.78 Å². The minimum absolute atomic E-state index is 0.0172. The highest BCUT2D eigenvalue weighted by Gasteiger charge is 2.61. The van der Waals surface area contributed by atoms with Crippen molar-refractivity contribution in [2.45, 2.75) is 129 Å². The summed E-state index contributed by atoms with van der Waals surface area (Å²) in [5.74, 6) is -10.2. The fraction of sp³-hybridized carbons (Fsp3) is 0.625. The van der Waals surface area contributed by atoms with E-state index in [1.165, 1.54) is 18.6 Å². The zero-order chi connectivity index (χ0) is 40.8. The molecule has 2 saturated carbocycles. The highest BCUT2D eigenvalue weighted by atomic mass is 19.3. The molecule has 5 amide bonds. The first-order valence-corrected chi connectivity index (χ1v) is 19.6. The monoisotopic (exact) mass is 780 g/mol. The smallest absolute Gasteiger partial charge is 0.290 e. The first-order valence-electron chi connectivity index (χ1n) is 19.6. The Labute approximate surface area is 326 Å². The van der Waals surface area contributed by atoms with Gasteiger partial charge < -0.3 is 26.2 Å². The number of hydrogen-bond acceptors (Lipinski definition) is 9. The molecule has 1 saturated heterocycles. The third kappa shape index (κ3) is 9.73. The van der Waals surface area contributed by atoms with E-state index in [2.05, 4.69) is 36.2 Å². The maximum atomic E-state index is 15.4. The molecular formula is C40H54F2N8O6. The number of aromatic nitrogens is 3. The second kappa shape index (κ2) is 17.9. The molecule has 14 nitrogen and oxygen atoms in total. The van der Waals surface area contributed by atoms with Crippen LogP contribution in [-0.2, 0) is 24.0 Å². The van der Waals surface area contributed by atoms with Crippen molar-refractivity contribution in [1.82, 2.24) is 41.1 Å². The van der Waals surface area contributed by atoms with E-state index in [1.807, 2.05) is 0 Å². The number of nitrogens with zero attached hydrogens (tertiary/aromatic N) is 4. The molecule has 1 unspecified atom stereocenters. The number of amides is 5. The van der Waals surface area contributed by atoms with Crippen LogP contribution < -0.4 is 21.3 Å². The van der Waals surface area contributed by atoms with Gasteiger partial charge in [-0.3, -0.25) is 38.7 Å². The lowest BCUT2D eigenvalue weighted by molar-refractivity contribution is -0.146. The Hall–Kier alpha value is -4.89. The molecule has 16 heteroatoms. The molecule has 2 aromatic heterocycles. The Kier molecular flexibility index (Phi) is 13.5. The van der Waals surface area contributed by atoms with E-state index < -0.39 is 102 Å². The molecule has 3 fully saturated rings. The molecule has 56 heavy (non-hydrogen) atoms. The number of carbonyl (C=O) groups excluding carboxylic acids is 6. The van der Waals surface area contributed by atoms with Gasteiger partial charge in [0.15, 0.2) is 0 Å². The van der Waals surface area contributed by atoms with Crippen LogP contribution in [0.3, 0.4) is 0 Å². The number of ketones is 1. The van der Waals surface area contributed by atoms with E-state index in [1.54, 1.807) is 59.1 Å². The molecule has 7 atom stereocenters. The quantitative estimate of drug-likeness (QED) is 0.207. The molecular weight excluding hydrogens is 726 g/mol. The number of Topliss-reactive ketones (excluding diaryl/α,β-unsaturated/α-hetero) is 1. The summed E-state index contributed by atoms with van der Waals surface area (Å²) in [7, 11) is 0. The van der Waals surface area contributed by atoms with E-state index in [4.69, 9.17) is 0 Å². The van der Waals surface area contributed by atoms with Crippen LogP contribution >= 0.6 is 0 Å². The predicted octanol–water partition coefficient (Wildman–Crippen LogP) is 3.68. The predicted molar refractivity (Wildman–Crippen MR) is 201 cm³/mol. The van der Waals surface area contributed by atoms with Crippen molar-refractivity contribution >= 4 is 35.3 Å². The number of halogens is 2. The van der Waals surface area contributed by atoms with E-state index in [0.717, 1.165) is 24.2 Å². The topological polar surface area (TPSA) is 192 Å². The number of hydrogen-bond donors (Lipinski definition) is 4. The van der Waals surface area contributed by atoms with Gasteiger partial charge in [-0.05, 0) is 67.6 Å². The fourth-order valence-electron chi connectivity index (χ4n) is 8.34. The van der Waals surface area contributed by atoms with Crippen molar-refractivity contribution in [2.75, 3.05) is 6.54 Å². The number of carbonyl (C=O) groups is 6. The zero-order valence-corrected chi connectivity index (χ0v) is 32.7. The van der Waals surface area contributed by atoms with Crippen molar-refractivity contribution in [3.05, 3.63) is 54.4 Å². The van der Waals surface area contributed by atoms with Gasteiger partial charge in [0.05, 0.1) is 18.3 Å². The molecule has 3 heterocycles. The summed E-state index contributed by atoms with van der Waals surface area (Å²) in [5, 5.41) is 11.0. The lowest BCUT2D eigenvalue weighted by Gasteiger charge is -2.38. The van der Waals surface area contributed by atoms with Crippen LogP contribution in [0.25, 0.3) is 0 Å². The van der Waals surface area contributed by atoms with Crippen LogP contribution in [0.15, 0.2) is 43.1 Å². The van der Waals surface area contributed by atoms with Crippen molar-refractivity contribution in [2.24, 2.45) is 23.2 Å². The molecule has 4 N–H and O–H groups in total. The summed E-state index contributed by atoms with van der Waals surface area (Å²) in [6, 6.07) is -2.14. The Balaban J connectivity index is 1.38. The van der Waals surface area contributed by atoms with Gasteiger partial charge in [0.2, 0.25) is 23.5 Å². The van der Waals surface area contributed by atoms with Crippen LogP contribution in [-0.4, -0.2) is 91.8 Å². The first kappa shape index (κ1) is 42.3. The van der Waals surface area contributed by atoms with Gasteiger partial charge >= 0.3 is 0 Å². The summed E-state index contributed by atoms with van der Waals surface area (Å²) in [6.07, 6.45) is 11.2. The Morgan fingerprint density at radius 3 is 2.23 bits per heavy atom. The van der Waals surface area contributed by atoms with E-state index in [-0.39, 0.29) is 24.5 Å². The van der Waals surface area contributed by atoms with Crippen LogP contribution in [0.5, 0.6) is 0 Å². The largest absolute Gasteiger partial charge is 0.344 e. The summed E-state index contributed by atoms with van der Waals surface area (Å²) >= 11 is 0. The summed E-state index contributed by atoms with van der Waals surface area (Å²) < 4.78 is 30.7.